The van der Waals surface area contributed by atoms with Gasteiger partial charge in [0.15, 0.2) is 0 Å². The van der Waals surface area contributed by atoms with Gasteiger partial charge >= 0.3 is 0 Å². The van der Waals surface area contributed by atoms with Crippen LogP contribution >= 0.6 is 0 Å². The minimum Gasteiger partial charge on any atom is -0.388 e. The van der Waals surface area contributed by atoms with Gasteiger partial charge < -0.3 is 10.0 Å². The number of hydrogen-bond donors (Lipinski definition) is 1. The Labute approximate surface area is 149 Å². The van der Waals surface area contributed by atoms with E-state index in [2.05, 4.69) is 24.3 Å². The fraction of sp³-hybridized carbons (Fsp3) is 0.409. The van der Waals surface area contributed by atoms with Crippen molar-refractivity contribution < 1.29 is 9.90 Å². The van der Waals surface area contributed by atoms with Gasteiger partial charge in [-0.3, -0.25) is 4.79 Å². The molecule has 1 saturated heterocycles. The molecule has 2 aromatic rings. The Kier molecular flexibility index (Phi) is 4.34. The summed E-state index contributed by atoms with van der Waals surface area (Å²) in [5, 5.41) is 10.5. The first-order valence-electron chi connectivity index (χ1n) is 9.31. The molecule has 3 nitrogen and oxygen atoms in total. The highest BCUT2D eigenvalue weighted by molar-refractivity contribution is 5.79. The predicted octanol–water partition coefficient (Wildman–Crippen LogP) is 4.04. The van der Waals surface area contributed by atoms with E-state index >= 15 is 0 Å². The third kappa shape index (κ3) is 2.77. The number of hydrogen-bond acceptors (Lipinski definition) is 2. The average Bonchev–Trinajstić information content (AvgIpc) is 2.64. The summed E-state index contributed by atoms with van der Waals surface area (Å²) in [6, 6.07) is 20.0. The molecule has 3 unspecified atom stereocenters. The Morgan fingerprint density at radius 3 is 2.44 bits per heavy atom. The summed E-state index contributed by atoms with van der Waals surface area (Å²) < 4.78 is 0. The highest BCUT2D eigenvalue weighted by atomic mass is 16.3. The Morgan fingerprint density at radius 2 is 1.76 bits per heavy atom. The van der Waals surface area contributed by atoms with Crippen LogP contribution in [0.25, 0.3) is 0 Å². The summed E-state index contributed by atoms with van der Waals surface area (Å²) in [6.45, 7) is 0.829. The lowest BCUT2D eigenvalue weighted by Gasteiger charge is -2.61. The van der Waals surface area contributed by atoms with Gasteiger partial charge in [0.25, 0.3) is 0 Å². The summed E-state index contributed by atoms with van der Waals surface area (Å²) in [5.74, 6) is 0.625. The summed E-state index contributed by atoms with van der Waals surface area (Å²) in [7, 11) is 0. The van der Waals surface area contributed by atoms with Gasteiger partial charge in [-0.2, -0.15) is 0 Å². The van der Waals surface area contributed by atoms with Crippen LogP contribution in [-0.4, -0.2) is 22.5 Å². The molecule has 0 spiro atoms. The number of amides is 1. The molecule has 1 aliphatic carbocycles. The Hall–Kier alpha value is -2.13. The number of aliphatic hydroxyl groups is 1. The molecule has 2 fully saturated rings. The fourth-order valence-corrected chi connectivity index (χ4v) is 4.75. The zero-order valence-electron chi connectivity index (χ0n) is 14.5. The Morgan fingerprint density at radius 1 is 1.08 bits per heavy atom. The standard InChI is InChI=1S/C22H25NO2/c24-20(17-9-3-1-4-10-17)15-21(25)23-16-19-13-7-8-14-22(19,23)18-11-5-2-6-12-18/h1-6,9-12,19-20,24H,7-8,13-16H2. The van der Waals surface area contributed by atoms with Gasteiger partial charge in [0.2, 0.25) is 5.91 Å². The topological polar surface area (TPSA) is 40.5 Å². The van der Waals surface area contributed by atoms with E-state index in [1.165, 1.54) is 18.4 Å². The van der Waals surface area contributed by atoms with Crippen molar-refractivity contribution in [1.82, 2.24) is 4.90 Å². The molecule has 0 aromatic heterocycles. The minimum absolute atomic E-state index is 0.0679. The summed E-state index contributed by atoms with van der Waals surface area (Å²) in [6.07, 6.45) is 4.08. The van der Waals surface area contributed by atoms with Crippen molar-refractivity contribution in [3.05, 3.63) is 71.8 Å². The molecule has 130 valence electrons. The molecule has 1 amide bonds. The number of aliphatic hydroxyl groups excluding tert-OH is 1. The zero-order chi connectivity index (χ0) is 17.3. The molecule has 3 atom stereocenters. The second-order valence-electron chi connectivity index (χ2n) is 7.37. The van der Waals surface area contributed by atoms with E-state index in [0.29, 0.717) is 5.92 Å². The highest BCUT2D eigenvalue weighted by Crippen LogP contribution is 2.54. The zero-order valence-corrected chi connectivity index (χ0v) is 14.5. The molecule has 1 saturated carbocycles. The van der Waals surface area contributed by atoms with E-state index < -0.39 is 6.10 Å². The van der Waals surface area contributed by atoms with Crippen molar-refractivity contribution in [2.24, 2.45) is 5.92 Å². The number of carbonyl (C=O) groups excluding carboxylic acids is 1. The van der Waals surface area contributed by atoms with Crippen LogP contribution in [0.2, 0.25) is 0 Å². The lowest BCUT2D eigenvalue weighted by atomic mass is 9.61. The molecular weight excluding hydrogens is 310 g/mol. The molecule has 2 aliphatic rings. The van der Waals surface area contributed by atoms with E-state index in [4.69, 9.17) is 0 Å². The van der Waals surface area contributed by atoms with Gasteiger partial charge in [-0.15, -0.1) is 0 Å². The monoisotopic (exact) mass is 335 g/mol. The van der Waals surface area contributed by atoms with Gasteiger partial charge in [-0.1, -0.05) is 73.5 Å². The summed E-state index contributed by atoms with van der Waals surface area (Å²) in [5.41, 5.74) is 1.92. The molecule has 25 heavy (non-hydrogen) atoms. The molecule has 0 bridgehead atoms. The van der Waals surface area contributed by atoms with Crippen LogP contribution in [-0.2, 0) is 10.3 Å². The van der Waals surface area contributed by atoms with Gasteiger partial charge in [0, 0.05) is 12.5 Å². The van der Waals surface area contributed by atoms with Gasteiger partial charge in [0.1, 0.15) is 0 Å². The lowest BCUT2D eigenvalue weighted by molar-refractivity contribution is -0.168. The van der Waals surface area contributed by atoms with Crippen LogP contribution in [0.5, 0.6) is 0 Å². The maximum Gasteiger partial charge on any atom is 0.226 e. The molecule has 1 aliphatic heterocycles. The van der Waals surface area contributed by atoms with Crippen LogP contribution in [0.1, 0.15) is 49.3 Å². The molecule has 0 radical (unpaired) electrons. The maximum atomic E-state index is 13.0. The maximum absolute atomic E-state index is 13.0. The van der Waals surface area contributed by atoms with Gasteiger partial charge in [-0.05, 0) is 24.0 Å². The van der Waals surface area contributed by atoms with Crippen LogP contribution < -0.4 is 0 Å². The largest absolute Gasteiger partial charge is 0.388 e. The number of nitrogens with zero attached hydrogens (tertiary/aromatic N) is 1. The van der Waals surface area contributed by atoms with Crippen molar-refractivity contribution in [2.45, 2.75) is 43.7 Å². The van der Waals surface area contributed by atoms with Crippen LogP contribution in [0.3, 0.4) is 0 Å². The first-order valence-corrected chi connectivity index (χ1v) is 9.31. The number of likely N-dealkylation sites (tertiary alicyclic amines) is 1. The van der Waals surface area contributed by atoms with E-state index in [-0.39, 0.29) is 17.9 Å². The van der Waals surface area contributed by atoms with Crippen LogP contribution in [0.4, 0.5) is 0 Å². The third-order valence-corrected chi connectivity index (χ3v) is 6.05. The van der Waals surface area contributed by atoms with Crippen molar-refractivity contribution in [1.29, 1.82) is 0 Å². The van der Waals surface area contributed by atoms with Crippen molar-refractivity contribution in [3.63, 3.8) is 0 Å². The van der Waals surface area contributed by atoms with E-state index in [1.54, 1.807) is 0 Å². The fourth-order valence-electron chi connectivity index (χ4n) is 4.75. The predicted molar refractivity (Wildman–Crippen MR) is 97.8 cm³/mol. The SMILES string of the molecule is O=C(CC(O)c1ccccc1)N1CC2CCCCC21c1ccccc1. The first-order chi connectivity index (χ1) is 12.2. The summed E-state index contributed by atoms with van der Waals surface area (Å²) >= 11 is 0. The molecular formula is C22H25NO2. The van der Waals surface area contributed by atoms with Crippen LogP contribution in [0.15, 0.2) is 60.7 Å². The molecule has 2 aromatic carbocycles. The second-order valence-corrected chi connectivity index (χ2v) is 7.37. The average molecular weight is 335 g/mol. The number of rotatable bonds is 4. The minimum atomic E-state index is -0.732. The van der Waals surface area contributed by atoms with Crippen molar-refractivity contribution in [3.8, 4) is 0 Å². The van der Waals surface area contributed by atoms with Crippen molar-refractivity contribution >= 4 is 5.91 Å². The van der Waals surface area contributed by atoms with Crippen molar-refractivity contribution in [2.75, 3.05) is 6.54 Å². The van der Waals surface area contributed by atoms with Crippen LogP contribution in [0, 0.1) is 5.92 Å². The summed E-state index contributed by atoms with van der Waals surface area (Å²) in [4.78, 5) is 15.0. The van der Waals surface area contributed by atoms with E-state index in [9.17, 15) is 9.90 Å². The Bertz CT molecular complexity index is 730. The highest BCUT2D eigenvalue weighted by Gasteiger charge is 2.56. The molecule has 3 heteroatoms. The number of carbonyl (C=O) groups is 1. The number of fused-ring (bicyclic) bond motifs is 1. The second kappa shape index (κ2) is 6.64. The lowest BCUT2D eigenvalue weighted by Crippen LogP contribution is -2.67. The Balaban J connectivity index is 1.56. The third-order valence-electron chi connectivity index (χ3n) is 6.05. The van der Waals surface area contributed by atoms with Gasteiger partial charge in [0.05, 0.1) is 18.1 Å². The molecule has 1 N–H and O–H groups in total. The smallest absolute Gasteiger partial charge is 0.226 e. The molecule has 4 rings (SSSR count). The van der Waals surface area contributed by atoms with E-state index in [1.807, 2.05) is 41.3 Å². The normalized spacial score (nSPS) is 26.4. The quantitative estimate of drug-likeness (QED) is 0.916. The first kappa shape index (κ1) is 16.3. The van der Waals surface area contributed by atoms with E-state index in [0.717, 1.165) is 24.9 Å². The van der Waals surface area contributed by atoms with Gasteiger partial charge in [-0.25, -0.2) is 0 Å². The molecule has 1 heterocycles. The number of benzene rings is 2.